The van der Waals surface area contributed by atoms with Crippen molar-refractivity contribution in [1.82, 2.24) is 4.57 Å². The van der Waals surface area contributed by atoms with E-state index < -0.39 is 5.76 Å². The van der Waals surface area contributed by atoms with Crippen molar-refractivity contribution in [3.05, 3.63) is 65.3 Å². The first-order valence-corrected chi connectivity index (χ1v) is 5.92. The molecule has 1 aliphatic heterocycles. The maximum atomic E-state index is 11.9. The van der Waals surface area contributed by atoms with E-state index >= 15 is 0 Å². The summed E-state index contributed by atoms with van der Waals surface area (Å²) in [6.45, 7) is 0. The van der Waals surface area contributed by atoms with Crippen molar-refractivity contribution in [1.29, 1.82) is 0 Å². The van der Waals surface area contributed by atoms with Gasteiger partial charge in [-0.25, -0.2) is 9.36 Å². The summed E-state index contributed by atoms with van der Waals surface area (Å²) in [7, 11) is 0. The van der Waals surface area contributed by atoms with Crippen LogP contribution in [0.3, 0.4) is 0 Å². The molecule has 0 N–H and O–H groups in total. The molecule has 4 nitrogen and oxygen atoms in total. The van der Waals surface area contributed by atoms with E-state index in [0.29, 0.717) is 22.9 Å². The summed E-state index contributed by atoms with van der Waals surface area (Å²) in [6.07, 6.45) is 1.46. The molecule has 4 rings (SSSR count). The first kappa shape index (κ1) is 10.2. The van der Waals surface area contributed by atoms with Crippen LogP contribution in [0.1, 0.15) is 0 Å². The molecule has 0 bridgehead atoms. The Morgan fingerprint density at radius 2 is 1.63 bits per heavy atom. The van der Waals surface area contributed by atoms with Gasteiger partial charge in [-0.3, -0.25) is 0 Å². The number of hydrogen-bond acceptors (Lipinski definition) is 3. The van der Waals surface area contributed by atoms with Crippen molar-refractivity contribution >= 4 is 0 Å². The Morgan fingerprint density at radius 3 is 2.53 bits per heavy atom. The van der Waals surface area contributed by atoms with E-state index in [4.69, 9.17) is 9.15 Å². The standard InChI is InChI=1S/C15H9NO3/c17-15-16-11-6-2-4-8-14(11)19-13-7-3-1-5-10(13)12(16)9-18-15/h1-9H. The zero-order valence-electron chi connectivity index (χ0n) is 9.87. The highest BCUT2D eigenvalue weighted by Gasteiger charge is 2.22. The molecule has 3 aromatic rings. The lowest BCUT2D eigenvalue weighted by molar-refractivity contribution is 0.475. The molecule has 0 atom stereocenters. The van der Waals surface area contributed by atoms with Gasteiger partial charge < -0.3 is 9.15 Å². The van der Waals surface area contributed by atoms with Gasteiger partial charge >= 0.3 is 5.76 Å². The van der Waals surface area contributed by atoms with Crippen LogP contribution in [0.15, 0.2) is 64.0 Å². The maximum absolute atomic E-state index is 11.9. The Hall–Kier alpha value is -2.75. The van der Waals surface area contributed by atoms with Crippen LogP contribution in [0, 0.1) is 0 Å². The van der Waals surface area contributed by atoms with Gasteiger partial charge in [0.2, 0.25) is 0 Å². The summed E-state index contributed by atoms with van der Waals surface area (Å²) in [5.74, 6) is 0.932. The third-order valence-electron chi connectivity index (χ3n) is 3.18. The lowest BCUT2D eigenvalue weighted by atomic mass is 10.1. The summed E-state index contributed by atoms with van der Waals surface area (Å²) in [4.78, 5) is 11.9. The van der Waals surface area contributed by atoms with Gasteiger partial charge in [0.25, 0.3) is 0 Å². The number of fused-ring (bicyclic) bond motifs is 5. The van der Waals surface area contributed by atoms with Gasteiger partial charge in [-0.2, -0.15) is 0 Å². The quantitative estimate of drug-likeness (QED) is 0.482. The zero-order valence-corrected chi connectivity index (χ0v) is 9.87. The van der Waals surface area contributed by atoms with Crippen molar-refractivity contribution in [2.24, 2.45) is 0 Å². The minimum atomic E-state index is -0.414. The van der Waals surface area contributed by atoms with E-state index in [1.54, 1.807) is 0 Å². The van der Waals surface area contributed by atoms with Crippen molar-refractivity contribution in [3.63, 3.8) is 0 Å². The summed E-state index contributed by atoms with van der Waals surface area (Å²) >= 11 is 0. The third-order valence-corrected chi connectivity index (χ3v) is 3.18. The van der Waals surface area contributed by atoms with Crippen LogP contribution in [-0.4, -0.2) is 4.57 Å². The summed E-state index contributed by atoms with van der Waals surface area (Å²) < 4.78 is 12.5. The predicted molar refractivity (Wildman–Crippen MR) is 69.8 cm³/mol. The van der Waals surface area contributed by atoms with E-state index in [1.807, 2.05) is 48.5 Å². The second kappa shape index (κ2) is 3.62. The number of nitrogens with zero attached hydrogens (tertiary/aromatic N) is 1. The van der Waals surface area contributed by atoms with Gasteiger partial charge in [0.15, 0.2) is 5.75 Å². The fraction of sp³-hybridized carbons (Fsp3) is 0. The van der Waals surface area contributed by atoms with Crippen LogP contribution in [0.2, 0.25) is 0 Å². The van der Waals surface area contributed by atoms with Gasteiger partial charge in [-0.05, 0) is 24.3 Å². The highest BCUT2D eigenvalue weighted by Crippen LogP contribution is 2.39. The molecule has 0 amide bonds. The monoisotopic (exact) mass is 251 g/mol. The Balaban J connectivity index is 2.17. The first-order valence-electron chi connectivity index (χ1n) is 5.92. The second-order valence-corrected chi connectivity index (χ2v) is 4.29. The number of hydrogen-bond donors (Lipinski definition) is 0. The van der Waals surface area contributed by atoms with E-state index in [9.17, 15) is 4.79 Å². The number of para-hydroxylation sites is 3. The molecule has 1 aliphatic rings. The number of ether oxygens (including phenoxy) is 1. The average molecular weight is 251 g/mol. The minimum absolute atomic E-state index is 0.414. The third kappa shape index (κ3) is 1.37. The fourth-order valence-electron chi connectivity index (χ4n) is 2.34. The number of benzene rings is 2. The lowest BCUT2D eigenvalue weighted by Crippen LogP contribution is -2.12. The molecular weight excluding hydrogens is 242 g/mol. The maximum Gasteiger partial charge on any atom is 0.424 e. The van der Waals surface area contributed by atoms with Crippen molar-refractivity contribution in [3.8, 4) is 28.4 Å². The van der Waals surface area contributed by atoms with Gasteiger partial charge in [0.1, 0.15) is 12.0 Å². The molecule has 19 heavy (non-hydrogen) atoms. The highest BCUT2D eigenvalue weighted by molar-refractivity contribution is 5.72. The first-order chi connectivity index (χ1) is 9.34. The lowest BCUT2D eigenvalue weighted by Gasteiger charge is -2.07. The molecule has 2 heterocycles. The van der Waals surface area contributed by atoms with Gasteiger partial charge in [0.05, 0.1) is 11.4 Å². The van der Waals surface area contributed by atoms with E-state index in [2.05, 4.69) is 0 Å². The van der Waals surface area contributed by atoms with Crippen molar-refractivity contribution in [2.45, 2.75) is 0 Å². The smallest absolute Gasteiger partial charge is 0.424 e. The second-order valence-electron chi connectivity index (χ2n) is 4.29. The summed E-state index contributed by atoms with van der Waals surface area (Å²) in [5, 5.41) is 0. The van der Waals surface area contributed by atoms with Crippen LogP contribution in [0.4, 0.5) is 0 Å². The van der Waals surface area contributed by atoms with E-state index in [-0.39, 0.29) is 0 Å². The summed E-state index contributed by atoms with van der Waals surface area (Å²) in [6, 6.07) is 15.0. The molecule has 0 saturated heterocycles. The Kier molecular flexibility index (Phi) is 1.94. The molecule has 92 valence electrons. The van der Waals surface area contributed by atoms with Crippen molar-refractivity contribution in [2.75, 3.05) is 0 Å². The van der Waals surface area contributed by atoms with Crippen molar-refractivity contribution < 1.29 is 9.15 Å². The summed E-state index contributed by atoms with van der Waals surface area (Å²) in [5.41, 5.74) is 2.22. The van der Waals surface area contributed by atoms with Gasteiger partial charge in [0, 0.05) is 5.56 Å². The predicted octanol–water partition coefficient (Wildman–Crippen LogP) is 3.20. The van der Waals surface area contributed by atoms with E-state index in [1.165, 1.54) is 10.8 Å². The molecule has 0 saturated carbocycles. The van der Waals surface area contributed by atoms with Crippen LogP contribution >= 0.6 is 0 Å². The molecule has 0 aliphatic carbocycles. The van der Waals surface area contributed by atoms with Crippen LogP contribution < -0.4 is 10.5 Å². The largest absolute Gasteiger partial charge is 0.454 e. The van der Waals surface area contributed by atoms with Gasteiger partial charge in [-0.15, -0.1) is 0 Å². The molecule has 0 fully saturated rings. The van der Waals surface area contributed by atoms with Crippen LogP contribution in [0.5, 0.6) is 11.5 Å². The van der Waals surface area contributed by atoms with Crippen LogP contribution in [0.25, 0.3) is 16.9 Å². The number of aromatic nitrogens is 1. The Morgan fingerprint density at radius 1 is 0.895 bits per heavy atom. The average Bonchev–Trinajstić information content (AvgIpc) is 2.75. The zero-order chi connectivity index (χ0) is 12.8. The normalized spacial score (nSPS) is 11.8. The number of oxazole rings is 1. The topological polar surface area (TPSA) is 44.4 Å². The van der Waals surface area contributed by atoms with Gasteiger partial charge in [-0.1, -0.05) is 24.3 Å². The molecular formula is C15H9NO3. The molecule has 0 spiro atoms. The highest BCUT2D eigenvalue weighted by atomic mass is 16.5. The molecule has 4 heteroatoms. The molecule has 0 unspecified atom stereocenters. The minimum Gasteiger partial charge on any atom is -0.454 e. The molecule has 2 aromatic carbocycles. The fourth-order valence-corrected chi connectivity index (χ4v) is 2.34. The SMILES string of the molecule is O=c1occ2n1-c1ccccc1Oc1ccccc1-2. The van der Waals surface area contributed by atoms with Crippen LogP contribution in [-0.2, 0) is 0 Å². The molecule has 1 aromatic heterocycles. The Bertz CT molecular complexity index is 829. The number of rotatable bonds is 0. The van der Waals surface area contributed by atoms with E-state index in [0.717, 1.165) is 5.56 Å². The Labute approximate surface area is 108 Å². The molecule has 0 radical (unpaired) electrons.